The highest BCUT2D eigenvalue weighted by atomic mass is 16.5. The van der Waals surface area contributed by atoms with Crippen LogP contribution in [0.15, 0.2) is 48.5 Å². The Kier molecular flexibility index (Phi) is 5.61. The lowest BCUT2D eigenvalue weighted by Gasteiger charge is -2.26. The molecule has 27 heavy (non-hydrogen) atoms. The van der Waals surface area contributed by atoms with Gasteiger partial charge in [-0.2, -0.15) is 0 Å². The van der Waals surface area contributed by atoms with E-state index in [9.17, 15) is 14.7 Å². The Morgan fingerprint density at radius 3 is 2.00 bits per heavy atom. The van der Waals surface area contributed by atoms with Gasteiger partial charge in [0.15, 0.2) is 5.92 Å². The van der Waals surface area contributed by atoms with Crippen molar-refractivity contribution in [2.75, 3.05) is 13.7 Å². The van der Waals surface area contributed by atoms with E-state index in [0.717, 1.165) is 22.3 Å². The van der Waals surface area contributed by atoms with Crippen molar-refractivity contribution in [2.24, 2.45) is 11.8 Å². The molecular weight excluding hydrogens is 342 g/mol. The average Bonchev–Trinajstić information content (AvgIpc) is 2.97. The van der Waals surface area contributed by atoms with Crippen LogP contribution in [0.25, 0.3) is 11.1 Å². The van der Waals surface area contributed by atoms with Crippen LogP contribution in [0.4, 0.5) is 0 Å². The molecule has 0 fully saturated rings. The van der Waals surface area contributed by atoms with Gasteiger partial charge in [0.2, 0.25) is 0 Å². The van der Waals surface area contributed by atoms with Crippen molar-refractivity contribution in [1.29, 1.82) is 0 Å². The Labute approximate surface area is 159 Å². The fourth-order valence-corrected chi connectivity index (χ4v) is 3.98. The van der Waals surface area contributed by atoms with E-state index >= 15 is 0 Å². The van der Waals surface area contributed by atoms with E-state index in [1.165, 1.54) is 0 Å². The van der Waals surface area contributed by atoms with Crippen LogP contribution in [0.2, 0.25) is 0 Å². The van der Waals surface area contributed by atoms with Gasteiger partial charge in [0.25, 0.3) is 0 Å². The molecule has 0 saturated heterocycles. The Morgan fingerprint density at radius 1 is 1.04 bits per heavy atom. The molecule has 2 aromatic rings. The second kappa shape index (κ2) is 7.92. The number of carbonyl (C=O) groups excluding carboxylic acids is 1. The summed E-state index contributed by atoms with van der Waals surface area (Å²) < 4.78 is 5.54. The van der Waals surface area contributed by atoms with Gasteiger partial charge in [-0.1, -0.05) is 62.4 Å². The predicted octanol–water partition coefficient (Wildman–Crippen LogP) is 3.29. The first-order chi connectivity index (χ1) is 13.0. The van der Waals surface area contributed by atoms with E-state index in [4.69, 9.17) is 4.74 Å². The van der Waals surface area contributed by atoms with Crippen LogP contribution in [0.1, 0.15) is 30.9 Å². The second-order valence-electron chi connectivity index (χ2n) is 7.23. The van der Waals surface area contributed by atoms with Gasteiger partial charge < -0.3 is 15.2 Å². The molecular formula is C22H25NO4. The topological polar surface area (TPSA) is 75.6 Å². The molecule has 3 rings (SSSR count). The van der Waals surface area contributed by atoms with E-state index in [-0.39, 0.29) is 18.4 Å². The molecule has 5 nitrogen and oxygen atoms in total. The van der Waals surface area contributed by atoms with Crippen molar-refractivity contribution >= 4 is 11.9 Å². The Hall–Kier alpha value is -2.66. The van der Waals surface area contributed by atoms with Gasteiger partial charge in [-0.05, 0) is 35.2 Å². The van der Waals surface area contributed by atoms with Crippen molar-refractivity contribution < 1.29 is 19.4 Å². The van der Waals surface area contributed by atoms with Crippen LogP contribution >= 0.6 is 0 Å². The SMILES string of the molecule is CN[C@H](C(C)C)C(C(=O)O)C(=O)OCC1c2ccccc2-c2ccccc21. The van der Waals surface area contributed by atoms with Crippen LogP contribution in [-0.4, -0.2) is 36.7 Å². The quantitative estimate of drug-likeness (QED) is 0.580. The number of carbonyl (C=O) groups is 2. The first-order valence-corrected chi connectivity index (χ1v) is 9.20. The van der Waals surface area contributed by atoms with Crippen LogP contribution in [0, 0.1) is 11.8 Å². The van der Waals surface area contributed by atoms with Gasteiger partial charge in [-0.25, -0.2) is 0 Å². The summed E-state index contributed by atoms with van der Waals surface area (Å²) in [7, 11) is 1.66. The highest BCUT2D eigenvalue weighted by Crippen LogP contribution is 2.44. The van der Waals surface area contributed by atoms with E-state index in [2.05, 4.69) is 17.4 Å². The van der Waals surface area contributed by atoms with E-state index in [0.29, 0.717) is 0 Å². The summed E-state index contributed by atoms with van der Waals surface area (Å²) in [4.78, 5) is 24.3. The minimum atomic E-state index is -1.23. The zero-order valence-electron chi connectivity index (χ0n) is 15.8. The van der Waals surface area contributed by atoms with E-state index < -0.39 is 23.9 Å². The monoisotopic (exact) mass is 367 g/mol. The molecule has 0 aromatic heterocycles. The molecule has 142 valence electrons. The third-order valence-corrected chi connectivity index (χ3v) is 5.29. The zero-order valence-corrected chi connectivity index (χ0v) is 15.8. The standard InChI is InChI=1S/C22H25NO4/c1-13(2)20(23-3)19(21(24)25)22(26)27-12-18-16-10-6-4-8-14(16)15-9-5-7-11-17(15)18/h4-11,13,18-20,23H,12H2,1-3H3,(H,24,25)/t19?,20-/m1/s1. The van der Waals surface area contributed by atoms with Gasteiger partial charge in [0, 0.05) is 12.0 Å². The molecule has 2 aromatic carbocycles. The molecule has 0 bridgehead atoms. The van der Waals surface area contributed by atoms with Crippen molar-refractivity contribution in [3.05, 3.63) is 59.7 Å². The van der Waals surface area contributed by atoms with Crippen LogP contribution in [0.3, 0.4) is 0 Å². The molecule has 0 amide bonds. The fraction of sp³-hybridized carbons (Fsp3) is 0.364. The number of rotatable bonds is 7. The third-order valence-electron chi connectivity index (χ3n) is 5.29. The van der Waals surface area contributed by atoms with Crippen molar-refractivity contribution in [3.8, 4) is 11.1 Å². The number of ether oxygens (including phenoxy) is 1. The molecule has 1 unspecified atom stereocenters. The maximum absolute atomic E-state index is 12.6. The zero-order chi connectivity index (χ0) is 19.6. The van der Waals surface area contributed by atoms with Gasteiger partial charge in [0.05, 0.1) is 0 Å². The van der Waals surface area contributed by atoms with Crippen molar-refractivity contribution in [2.45, 2.75) is 25.8 Å². The molecule has 1 aliphatic rings. The molecule has 1 aliphatic carbocycles. The number of nitrogens with one attached hydrogen (secondary N) is 1. The molecule has 0 aliphatic heterocycles. The van der Waals surface area contributed by atoms with Crippen molar-refractivity contribution in [1.82, 2.24) is 5.32 Å². The number of carboxylic acids is 1. The third kappa shape index (κ3) is 3.60. The molecule has 2 N–H and O–H groups in total. The Balaban J connectivity index is 1.82. The normalized spacial score (nSPS) is 15.1. The lowest BCUT2D eigenvalue weighted by atomic mass is 9.90. The predicted molar refractivity (Wildman–Crippen MR) is 103 cm³/mol. The fourth-order valence-electron chi connectivity index (χ4n) is 3.98. The summed E-state index contributed by atoms with van der Waals surface area (Å²) >= 11 is 0. The van der Waals surface area contributed by atoms with E-state index in [1.807, 2.05) is 50.2 Å². The van der Waals surface area contributed by atoms with Crippen LogP contribution in [-0.2, 0) is 14.3 Å². The van der Waals surface area contributed by atoms with Gasteiger partial charge >= 0.3 is 11.9 Å². The van der Waals surface area contributed by atoms with Crippen LogP contribution < -0.4 is 5.32 Å². The molecule has 0 saturated carbocycles. The molecule has 2 atom stereocenters. The van der Waals surface area contributed by atoms with Crippen LogP contribution in [0.5, 0.6) is 0 Å². The average molecular weight is 367 g/mol. The molecule has 5 heteroatoms. The highest BCUT2D eigenvalue weighted by molar-refractivity contribution is 5.95. The number of benzene rings is 2. The number of hydrogen-bond acceptors (Lipinski definition) is 4. The second-order valence-corrected chi connectivity index (χ2v) is 7.23. The Morgan fingerprint density at radius 2 is 1.56 bits per heavy atom. The number of hydrogen-bond donors (Lipinski definition) is 2. The van der Waals surface area contributed by atoms with Gasteiger partial charge in [-0.3, -0.25) is 9.59 Å². The minimum Gasteiger partial charge on any atom is -0.481 e. The molecule has 0 heterocycles. The summed E-state index contributed by atoms with van der Waals surface area (Å²) in [5.41, 5.74) is 4.48. The number of fused-ring (bicyclic) bond motifs is 3. The largest absolute Gasteiger partial charge is 0.481 e. The molecule has 0 spiro atoms. The first-order valence-electron chi connectivity index (χ1n) is 9.20. The summed E-state index contributed by atoms with van der Waals surface area (Å²) in [5.74, 6) is -3.20. The van der Waals surface area contributed by atoms with Crippen molar-refractivity contribution in [3.63, 3.8) is 0 Å². The Bertz CT molecular complexity index is 800. The number of esters is 1. The van der Waals surface area contributed by atoms with Gasteiger partial charge in [-0.15, -0.1) is 0 Å². The summed E-state index contributed by atoms with van der Waals surface area (Å²) in [6.45, 7) is 3.90. The summed E-state index contributed by atoms with van der Waals surface area (Å²) in [6.07, 6.45) is 0. The highest BCUT2D eigenvalue weighted by Gasteiger charge is 2.38. The van der Waals surface area contributed by atoms with E-state index in [1.54, 1.807) is 7.05 Å². The number of aliphatic carboxylic acids is 1. The van der Waals surface area contributed by atoms with Gasteiger partial charge in [0.1, 0.15) is 6.61 Å². The maximum atomic E-state index is 12.6. The molecule has 0 radical (unpaired) electrons. The maximum Gasteiger partial charge on any atom is 0.321 e. The summed E-state index contributed by atoms with van der Waals surface area (Å²) in [5, 5.41) is 12.5. The lowest BCUT2D eigenvalue weighted by molar-refractivity contribution is -0.161. The summed E-state index contributed by atoms with van der Waals surface area (Å²) in [6, 6.07) is 15.6. The smallest absolute Gasteiger partial charge is 0.321 e. The first kappa shape index (κ1) is 19.1. The minimum absolute atomic E-state index is 0.0171. The number of carboxylic acid groups (broad SMARTS) is 1. The lowest BCUT2D eigenvalue weighted by Crippen LogP contribution is -2.46.